The molecule has 0 aromatic heterocycles. The van der Waals surface area contributed by atoms with Crippen LogP contribution in [0.1, 0.15) is 6.92 Å². The number of benzene rings is 1. The fourth-order valence-electron chi connectivity index (χ4n) is 1.52. The number of nitrogens with zero attached hydrogens (tertiary/aromatic N) is 1. The van der Waals surface area contributed by atoms with E-state index in [9.17, 15) is 4.79 Å². The van der Waals surface area contributed by atoms with E-state index >= 15 is 0 Å². The largest absolute Gasteiger partial charge is 0.492 e. The number of hydrogen-bond donors (Lipinski definition) is 1. The Hall–Kier alpha value is -1.79. The van der Waals surface area contributed by atoms with Crippen molar-refractivity contribution in [3.63, 3.8) is 0 Å². The van der Waals surface area contributed by atoms with Gasteiger partial charge in [-0.2, -0.15) is 5.43 Å². The summed E-state index contributed by atoms with van der Waals surface area (Å²) < 4.78 is 15.2. The molecule has 1 fully saturated rings. The molecule has 1 heterocycles. The minimum Gasteiger partial charge on any atom is -0.492 e. The summed E-state index contributed by atoms with van der Waals surface area (Å²) in [5.74, 6) is 0.608. The van der Waals surface area contributed by atoms with E-state index in [0.29, 0.717) is 18.0 Å². The standard InChI is InChI=1S/C11H14N2O4/c1-3-16-9-7-5-4-6-8(9)13-11(14)17-10(12-13)15-2/h4-7,10,12H,3H2,1-2H3. The van der Waals surface area contributed by atoms with Gasteiger partial charge in [-0.05, 0) is 19.1 Å². The minimum atomic E-state index is -0.766. The Balaban J connectivity index is 2.25. The molecule has 0 saturated carbocycles. The van der Waals surface area contributed by atoms with Crippen LogP contribution >= 0.6 is 0 Å². The Kier molecular flexibility index (Phi) is 3.46. The SMILES string of the molecule is CCOc1ccccc1N1NC(OC)OC1=O. The number of nitrogens with one attached hydrogen (secondary N) is 1. The van der Waals surface area contributed by atoms with E-state index in [-0.39, 0.29) is 0 Å². The van der Waals surface area contributed by atoms with Gasteiger partial charge >= 0.3 is 6.09 Å². The van der Waals surface area contributed by atoms with Gasteiger partial charge in [0.25, 0.3) is 6.41 Å². The van der Waals surface area contributed by atoms with Gasteiger partial charge in [0.2, 0.25) is 0 Å². The van der Waals surface area contributed by atoms with Crippen LogP contribution < -0.4 is 15.2 Å². The predicted octanol–water partition coefficient (Wildman–Crippen LogP) is 1.48. The molecule has 92 valence electrons. The number of carbonyl (C=O) groups is 1. The third-order valence-corrected chi connectivity index (χ3v) is 2.25. The molecule has 0 radical (unpaired) electrons. The van der Waals surface area contributed by atoms with Gasteiger partial charge in [-0.1, -0.05) is 12.1 Å². The Bertz CT molecular complexity index is 410. The lowest BCUT2D eigenvalue weighted by Gasteiger charge is -2.16. The van der Waals surface area contributed by atoms with E-state index in [1.54, 1.807) is 12.1 Å². The first-order valence-corrected chi connectivity index (χ1v) is 5.27. The van der Waals surface area contributed by atoms with Crippen molar-refractivity contribution in [2.45, 2.75) is 13.3 Å². The average Bonchev–Trinajstić information content (AvgIpc) is 2.72. The maximum absolute atomic E-state index is 11.6. The molecular weight excluding hydrogens is 224 g/mol. The summed E-state index contributed by atoms with van der Waals surface area (Å²) >= 11 is 0. The van der Waals surface area contributed by atoms with E-state index < -0.39 is 12.5 Å². The van der Waals surface area contributed by atoms with E-state index in [4.69, 9.17) is 14.2 Å². The summed E-state index contributed by atoms with van der Waals surface area (Å²) in [6, 6.07) is 7.20. The van der Waals surface area contributed by atoms with Gasteiger partial charge in [0.1, 0.15) is 11.4 Å². The summed E-state index contributed by atoms with van der Waals surface area (Å²) in [6.45, 7) is 2.40. The molecule has 1 atom stereocenters. The molecule has 6 nitrogen and oxygen atoms in total. The molecule has 1 aliphatic rings. The van der Waals surface area contributed by atoms with Crippen molar-refractivity contribution in [1.29, 1.82) is 0 Å². The third kappa shape index (κ3) is 2.32. The molecule has 2 rings (SSSR count). The van der Waals surface area contributed by atoms with E-state index in [1.807, 2.05) is 19.1 Å². The second-order valence-corrected chi connectivity index (χ2v) is 3.32. The minimum absolute atomic E-state index is 0.521. The number of anilines is 1. The molecule has 0 bridgehead atoms. The van der Waals surface area contributed by atoms with Gasteiger partial charge in [0.15, 0.2) is 0 Å². The van der Waals surface area contributed by atoms with Gasteiger partial charge in [0.05, 0.1) is 6.61 Å². The predicted molar refractivity (Wildman–Crippen MR) is 60.5 cm³/mol. The Morgan fingerprint density at radius 1 is 1.47 bits per heavy atom. The third-order valence-electron chi connectivity index (χ3n) is 2.25. The lowest BCUT2D eigenvalue weighted by Crippen LogP contribution is -2.38. The molecule has 0 spiro atoms. The van der Waals surface area contributed by atoms with Gasteiger partial charge in [-0.25, -0.2) is 9.80 Å². The van der Waals surface area contributed by atoms with E-state index in [1.165, 1.54) is 12.1 Å². The zero-order valence-corrected chi connectivity index (χ0v) is 9.67. The van der Waals surface area contributed by atoms with Crippen LogP contribution in [0.2, 0.25) is 0 Å². The van der Waals surface area contributed by atoms with Crippen LogP contribution in [0.25, 0.3) is 0 Å². The van der Waals surface area contributed by atoms with Crippen molar-refractivity contribution in [2.24, 2.45) is 0 Å². The summed E-state index contributed by atoms with van der Waals surface area (Å²) in [5, 5.41) is 1.26. The maximum atomic E-state index is 11.6. The molecule has 1 aromatic rings. The van der Waals surface area contributed by atoms with Crippen molar-refractivity contribution in [3.05, 3.63) is 24.3 Å². The summed E-state index contributed by atoms with van der Waals surface area (Å²) in [4.78, 5) is 11.6. The Morgan fingerprint density at radius 3 is 2.88 bits per heavy atom. The van der Waals surface area contributed by atoms with E-state index in [0.717, 1.165) is 0 Å². The highest BCUT2D eigenvalue weighted by molar-refractivity contribution is 5.90. The van der Waals surface area contributed by atoms with Crippen LogP contribution in [0.3, 0.4) is 0 Å². The maximum Gasteiger partial charge on any atom is 0.432 e. The number of cyclic esters (lactones) is 1. The molecule has 1 aromatic carbocycles. The molecular formula is C11H14N2O4. The highest BCUT2D eigenvalue weighted by Gasteiger charge is 2.33. The van der Waals surface area contributed by atoms with Gasteiger partial charge in [-0.15, -0.1) is 0 Å². The van der Waals surface area contributed by atoms with Crippen LogP contribution in [0.4, 0.5) is 10.5 Å². The molecule has 1 aliphatic heterocycles. The van der Waals surface area contributed by atoms with Crippen LogP contribution in [0.5, 0.6) is 5.75 Å². The molecule has 1 unspecified atom stereocenters. The van der Waals surface area contributed by atoms with Crippen molar-refractivity contribution < 1.29 is 19.0 Å². The smallest absolute Gasteiger partial charge is 0.432 e. The molecule has 1 amide bonds. The van der Waals surface area contributed by atoms with Gasteiger partial charge in [-0.3, -0.25) is 0 Å². The number of hydrogen-bond acceptors (Lipinski definition) is 5. The molecule has 1 saturated heterocycles. The van der Waals surface area contributed by atoms with Crippen LogP contribution in [-0.4, -0.2) is 26.2 Å². The Morgan fingerprint density at radius 2 is 2.24 bits per heavy atom. The second kappa shape index (κ2) is 5.03. The van der Waals surface area contributed by atoms with Crippen LogP contribution in [0.15, 0.2) is 24.3 Å². The lowest BCUT2D eigenvalue weighted by molar-refractivity contribution is -0.0722. The highest BCUT2D eigenvalue weighted by atomic mass is 16.7. The fourth-order valence-corrected chi connectivity index (χ4v) is 1.52. The summed E-state index contributed by atoms with van der Waals surface area (Å²) in [7, 11) is 1.45. The Labute approximate surface area is 99.0 Å². The first-order chi connectivity index (χ1) is 8.26. The first-order valence-electron chi connectivity index (χ1n) is 5.27. The fraction of sp³-hybridized carbons (Fsp3) is 0.364. The van der Waals surface area contributed by atoms with Crippen molar-refractivity contribution in [2.75, 3.05) is 18.7 Å². The first kappa shape index (κ1) is 11.7. The summed E-state index contributed by atoms with van der Waals surface area (Å²) in [6.07, 6.45) is -1.29. The monoisotopic (exact) mass is 238 g/mol. The lowest BCUT2D eigenvalue weighted by atomic mass is 10.3. The number of methoxy groups -OCH3 is 1. The van der Waals surface area contributed by atoms with E-state index in [2.05, 4.69) is 5.43 Å². The topological polar surface area (TPSA) is 60.0 Å². The number of ether oxygens (including phenoxy) is 3. The second-order valence-electron chi connectivity index (χ2n) is 3.32. The quantitative estimate of drug-likeness (QED) is 0.860. The number of carbonyl (C=O) groups excluding carboxylic acids is 1. The van der Waals surface area contributed by atoms with Crippen LogP contribution in [-0.2, 0) is 9.47 Å². The average molecular weight is 238 g/mol. The zero-order valence-electron chi connectivity index (χ0n) is 9.67. The molecule has 0 aliphatic carbocycles. The van der Waals surface area contributed by atoms with Crippen molar-refractivity contribution in [3.8, 4) is 5.75 Å². The van der Waals surface area contributed by atoms with Gasteiger partial charge < -0.3 is 14.2 Å². The molecule has 1 N–H and O–H groups in total. The molecule has 6 heteroatoms. The van der Waals surface area contributed by atoms with Crippen molar-refractivity contribution in [1.82, 2.24) is 5.43 Å². The number of hydrazine groups is 1. The zero-order chi connectivity index (χ0) is 12.3. The van der Waals surface area contributed by atoms with Gasteiger partial charge in [0, 0.05) is 7.11 Å². The highest BCUT2D eigenvalue weighted by Crippen LogP contribution is 2.29. The van der Waals surface area contributed by atoms with Crippen molar-refractivity contribution >= 4 is 11.8 Å². The summed E-state index contributed by atoms with van der Waals surface area (Å²) in [5.41, 5.74) is 3.36. The number of para-hydroxylation sites is 2. The normalized spacial score (nSPS) is 19.3. The number of rotatable bonds is 4. The molecule has 17 heavy (non-hydrogen) atoms. The van der Waals surface area contributed by atoms with Crippen LogP contribution in [0, 0.1) is 0 Å². The number of amides is 1.